The number of thiol groups is 1. The number of rotatable bonds is 10. The second-order valence-corrected chi connectivity index (χ2v) is 11.2. The molecule has 0 spiro atoms. The fraction of sp³-hybridized carbons (Fsp3) is 0.296. The van der Waals surface area contributed by atoms with Crippen LogP contribution in [0.3, 0.4) is 0 Å². The van der Waals surface area contributed by atoms with E-state index in [0.29, 0.717) is 6.54 Å². The van der Waals surface area contributed by atoms with Crippen molar-refractivity contribution in [1.29, 1.82) is 0 Å². The first-order chi connectivity index (χ1) is 16.2. The Bertz CT molecular complexity index is 999. The van der Waals surface area contributed by atoms with Gasteiger partial charge < -0.3 is 4.90 Å². The minimum atomic E-state index is 0.0254. The van der Waals surface area contributed by atoms with Crippen LogP contribution in [0.4, 0.5) is 5.69 Å². The number of hydrogen-bond donors (Lipinski definition) is 1. The molecule has 3 aromatic rings. The monoisotopic (exact) mass is 494 g/mol. The Balaban J connectivity index is 1.46. The highest BCUT2D eigenvalue weighted by atomic mass is 33.1. The lowest BCUT2D eigenvalue weighted by molar-refractivity contribution is -0.122. The van der Waals surface area contributed by atoms with E-state index >= 15 is 0 Å². The zero-order chi connectivity index (χ0) is 22.9. The molecule has 1 aliphatic rings. The quantitative estimate of drug-likeness (QED) is 0.200. The maximum Gasteiger partial charge on any atom is 0.231 e. The van der Waals surface area contributed by atoms with E-state index in [1.54, 1.807) is 21.6 Å². The highest BCUT2D eigenvalue weighted by Gasteiger charge is 2.32. The standard InChI is InChI=1S/C27H30N2OS3/c30-27(24-15-16-28(21-24)19-22-7-3-1-4-8-22)29(20-23-9-5-2-6-10-23)25-11-13-26(14-12-25)33-32-18-17-31/h1-14,24,31H,15-21H2. The van der Waals surface area contributed by atoms with Gasteiger partial charge in [-0.05, 0) is 48.4 Å². The third-order valence-electron chi connectivity index (χ3n) is 5.80. The SMILES string of the molecule is O=C(C1CCN(Cc2ccccc2)C1)N(Cc1ccccc1)c1ccc(SSCCS)cc1. The molecule has 4 rings (SSSR count). The van der Waals surface area contributed by atoms with E-state index in [4.69, 9.17) is 0 Å². The predicted octanol–water partition coefficient (Wildman–Crippen LogP) is 6.41. The number of carbonyl (C=O) groups is 1. The summed E-state index contributed by atoms with van der Waals surface area (Å²) in [5.74, 6) is 2.13. The molecule has 1 saturated heterocycles. The third kappa shape index (κ3) is 7.06. The summed E-state index contributed by atoms with van der Waals surface area (Å²) in [5, 5.41) is 0. The van der Waals surface area contributed by atoms with Gasteiger partial charge in [0, 0.05) is 35.2 Å². The molecule has 0 aromatic heterocycles. The van der Waals surface area contributed by atoms with Crippen LogP contribution in [0.1, 0.15) is 17.5 Å². The smallest absolute Gasteiger partial charge is 0.231 e. The highest BCUT2D eigenvalue weighted by Crippen LogP contribution is 2.33. The van der Waals surface area contributed by atoms with Gasteiger partial charge in [-0.15, -0.1) is 0 Å². The van der Waals surface area contributed by atoms with Crippen LogP contribution in [0.15, 0.2) is 89.8 Å². The Hall–Kier alpha value is -1.86. The van der Waals surface area contributed by atoms with Gasteiger partial charge in [-0.1, -0.05) is 82.3 Å². The molecule has 3 aromatic carbocycles. The van der Waals surface area contributed by atoms with Crippen LogP contribution in [0, 0.1) is 5.92 Å². The van der Waals surface area contributed by atoms with Crippen molar-refractivity contribution in [2.24, 2.45) is 5.92 Å². The summed E-state index contributed by atoms with van der Waals surface area (Å²) in [6.07, 6.45) is 0.908. The van der Waals surface area contributed by atoms with Crippen LogP contribution >= 0.6 is 34.2 Å². The topological polar surface area (TPSA) is 23.6 Å². The van der Waals surface area contributed by atoms with Gasteiger partial charge in [0.05, 0.1) is 12.5 Å². The number of anilines is 1. The molecule has 1 amide bonds. The number of carbonyl (C=O) groups excluding carboxylic acids is 1. The lowest BCUT2D eigenvalue weighted by Gasteiger charge is -2.26. The van der Waals surface area contributed by atoms with Crippen molar-refractivity contribution in [3.63, 3.8) is 0 Å². The van der Waals surface area contributed by atoms with Gasteiger partial charge in [0.2, 0.25) is 5.91 Å². The first-order valence-corrected chi connectivity index (χ1v) is 14.3. The molecule has 3 nitrogen and oxygen atoms in total. The van der Waals surface area contributed by atoms with Crippen molar-refractivity contribution in [2.45, 2.75) is 24.4 Å². The molecule has 1 aliphatic heterocycles. The van der Waals surface area contributed by atoms with E-state index in [2.05, 4.69) is 78.2 Å². The molecule has 0 aliphatic carbocycles. The summed E-state index contributed by atoms with van der Waals surface area (Å²) in [7, 11) is 3.57. The van der Waals surface area contributed by atoms with Crippen LogP contribution in [-0.4, -0.2) is 35.4 Å². The van der Waals surface area contributed by atoms with Gasteiger partial charge in [0.15, 0.2) is 0 Å². The Morgan fingerprint density at radius 2 is 1.61 bits per heavy atom. The van der Waals surface area contributed by atoms with E-state index in [-0.39, 0.29) is 11.8 Å². The van der Waals surface area contributed by atoms with E-state index in [1.165, 1.54) is 10.5 Å². The van der Waals surface area contributed by atoms with Gasteiger partial charge in [-0.25, -0.2) is 0 Å². The number of hydrogen-bond acceptors (Lipinski definition) is 5. The first kappa shape index (κ1) is 24.3. The Morgan fingerprint density at radius 3 is 2.27 bits per heavy atom. The van der Waals surface area contributed by atoms with Crippen LogP contribution in [0.2, 0.25) is 0 Å². The van der Waals surface area contributed by atoms with Crippen LogP contribution in [0.25, 0.3) is 0 Å². The second-order valence-electron chi connectivity index (χ2n) is 8.24. The molecule has 1 heterocycles. The van der Waals surface area contributed by atoms with E-state index < -0.39 is 0 Å². The fourth-order valence-corrected chi connectivity index (χ4v) is 6.56. The fourth-order valence-electron chi connectivity index (χ4n) is 4.13. The molecule has 0 N–H and O–H groups in total. The van der Waals surface area contributed by atoms with Crippen molar-refractivity contribution < 1.29 is 4.79 Å². The van der Waals surface area contributed by atoms with E-state index in [9.17, 15) is 4.79 Å². The van der Waals surface area contributed by atoms with Gasteiger partial charge in [0.25, 0.3) is 0 Å². The lowest BCUT2D eigenvalue weighted by Crippen LogP contribution is -2.37. The maximum atomic E-state index is 13.7. The molecule has 33 heavy (non-hydrogen) atoms. The minimum absolute atomic E-state index is 0.0254. The van der Waals surface area contributed by atoms with Crippen molar-refractivity contribution in [2.75, 3.05) is 29.5 Å². The van der Waals surface area contributed by atoms with Gasteiger partial charge in [0.1, 0.15) is 0 Å². The molecule has 1 unspecified atom stereocenters. The average Bonchev–Trinajstić information content (AvgIpc) is 3.33. The van der Waals surface area contributed by atoms with Gasteiger partial charge >= 0.3 is 0 Å². The molecule has 0 radical (unpaired) electrons. The maximum absolute atomic E-state index is 13.7. The van der Waals surface area contributed by atoms with Crippen molar-refractivity contribution >= 4 is 45.8 Å². The lowest BCUT2D eigenvalue weighted by atomic mass is 10.1. The first-order valence-electron chi connectivity index (χ1n) is 11.3. The molecule has 1 fully saturated rings. The normalized spacial score (nSPS) is 16.1. The zero-order valence-corrected chi connectivity index (χ0v) is 21.2. The van der Waals surface area contributed by atoms with E-state index in [0.717, 1.165) is 48.8 Å². The number of likely N-dealkylation sites (tertiary alicyclic amines) is 1. The van der Waals surface area contributed by atoms with Crippen molar-refractivity contribution in [1.82, 2.24) is 4.90 Å². The molecule has 172 valence electrons. The number of amides is 1. The molecular formula is C27H30N2OS3. The molecular weight excluding hydrogens is 465 g/mol. The highest BCUT2D eigenvalue weighted by molar-refractivity contribution is 8.76. The predicted molar refractivity (Wildman–Crippen MR) is 146 cm³/mol. The molecule has 1 atom stereocenters. The Morgan fingerprint density at radius 1 is 0.939 bits per heavy atom. The van der Waals surface area contributed by atoms with Gasteiger partial charge in [-0.2, -0.15) is 12.6 Å². The summed E-state index contributed by atoms with van der Waals surface area (Å²) >= 11 is 4.27. The summed E-state index contributed by atoms with van der Waals surface area (Å²) in [6, 6.07) is 29.2. The van der Waals surface area contributed by atoms with Crippen LogP contribution < -0.4 is 4.90 Å². The molecule has 6 heteroatoms. The second kappa shape index (κ2) is 12.6. The largest absolute Gasteiger partial charge is 0.308 e. The minimum Gasteiger partial charge on any atom is -0.308 e. The zero-order valence-electron chi connectivity index (χ0n) is 18.7. The third-order valence-corrected chi connectivity index (χ3v) is 8.71. The molecule has 0 saturated carbocycles. The summed E-state index contributed by atoms with van der Waals surface area (Å²) in [4.78, 5) is 19.3. The average molecular weight is 495 g/mol. The van der Waals surface area contributed by atoms with Crippen LogP contribution in [0.5, 0.6) is 0 Å². The van der Waals surface area contributed by atoms with Crippen LogP contribution in [-0.2, 0) is 17.9 Å². The van der Waals surface area contributed by atoms with Gasteiger partial charge in [-0.3, -0.25) is 9.69 Å². The van der Waals surface area contributed by atoms with Crippen molar-refractivity contribution in [3.8, 4) is 0 Å². The summed E-state index contributed by atoms with van der Waals surface area (Å²) in [6.45, 7) is 3.27. The number of nitrogens with zero attached hydrogens (tertiary/aromatic N) is 2. The molecule has 0 bridgehead atoms. The summed E-state index contributed by atoms with van der Waals surface area (Å²) in [5.41, 5.74) is 3.41. The summed E-state index contributed by atoms with van der Waals surface area (Å²) < 4.78 is 0. The number of benzene rings is 3. The van der Waals surface area contributed by atoms with Crippen molar-refractivity contribution in [3.05, 3.63) is 96.1 Å². The van der Waals surface area contributed by atoms with E-state index in [1.807, 2.05) is 29.2 Å². The Labute approximate surface area is 210 Å². The Kier molecular flexibility index (Phi) is 9.24.